The molecule has 1 saturated heterocycles. The Labute approximate surface area is 196 Å². The van der Waals surface area contributed by atoms with Crippen LogP contribution < -0.4 is 15.1 Å². The standard InChI is InChI=1S/C25H26BrN3O3/c1-5-28-21-10-9-16(11-19(21)15(2)14-25(28,3)4)12-20-22(30)27-24(32)29(23(20)31)18-8-6-7-17(26)13-18/h6-13,15H,5,14H2,1-4H3,(H,27,30,32)/b20-12+. The minimum Gasteiger partial charge on any atom is -0.366 e. The number of rotatable bonds is 3. The molecule has 6 nitrogen and oxygen atoms in total. The van der Waals surface area contributed by atoms with Crippen molar-refractivity contribution in [2.24, 2.45) is 0 Å². The van der Waals surface area contributed by atoms with Crippen molar-refractivity contribution in [1.29, 1.82) is 0 Å². The zero-order valence-corrected chi connectivity index (χ0v) is 20.2. The number of hydrogen-bond donors (Lipinski definition) is 1. The molecule has 2 aromatic rings. The third kappa shape index (κ3) is 3.86. The van der Waals surface area contributed by atoms with E-state index in [1.54, 1.807) is 30.3 Å². The molecule has 2 aliphatic rings. The van der Waals surface area contributed by atoms with Crippen molar-refractivity contribution in [2.75, 3.05) is 16.3 Å². The predicted molar refractivity (Wildman–Crippen MR) is 130 cm³/mol. The summed E-state index contributed by atoms with van der Waals surface area (Å²) in [5.41, 5.74) is 3.52. The molecule has 0 aliphatic carbocycles. The van der Waals surface area contributed by atoms with Crippen LogP contribution in [-0.2, 0) is 9.59 Å². The van der Waals surface area contributed by atoms with Gasteiger partial charge in [0.2, 0.25) is 0 Å². The first kappa shape index (κ1) is 22.3. The van der Waals surface area contributed by atoms with Crippen LogP contribution in [0.5, 0.6) is 0 Å². The third-order valence-electron chi connectivity index (χ3n) is 6.21. The molecule has 0 radical (unpaired) electrons. The first-order valence-electron chi connectivity index (χ1n) is 10.7. The molecule has 0 aromatic heterocycles. The smallest absolute Gasteiger partial charge is 0.335 e. The van der Waals surface area contributed by atoms with Gasteiger partial charge in [0.1, 0.15) is 5.57 Å². The molecule has 1 atom stereocenters. The molecule has 4 amide bonds. The van der Waals surface area contributed by atoms with E-state index in [0.29, 0.717) is 11.6 Å². The fourth-order valence-electron chi connectivity index (χ4n) is 4.87. The minimum atomic E-state index is -0.755. The number of imide groups is 2. The van der Waals surface area contributed by atoms with Gasteiger partial charge in [0.25, 0.3) is 11.8 Å². The lowest BCUT2D eigenvalue weighted by atomic mass is 9.79. The van der Waals surface area contributed by atoms with Crippen molar-refractivity contribution < 1.29 is 14.4 Å². The average molecular weight is 496 g/mol. The lowest BCUT2D eigenvalue weighted by molar-refractivity contribution is -0.122. The summed E-state index contributed by atoms with van der Waals surface area (Å²) in [5.74, 6) is -0.982. The van der Waals surface area contributed by atoms with Gasteiger partial charge in [-0.25, -0.2) is 9.69 Å². The highest BCUT2D eigenvalue weighted by Gasteiger charge is 2.38. The van der Waals surface area contributed by atoms with Gasteiger partial charge in [-0.05, 0) is 80.6 Å². The number of fused-ring (bicyclic) bond motifs is 1. The maximum atomic E-state index is 13.2. The summed E-state index contributed by atoms with van der Waals surface area (Å²) < 4.78 is 0.727. The number of barbiturate groups is 1. The van der Waals surface area contributed by atoms with Gasteiger partial charge in [0.05, 0.1) is 5.69 Å². The average Bonchev–Trinajstić information content (AvgIpc) is 2.71. The molecular formula is C25H26BrN3O3. The van der Waals surface area contributed by atoms with Gasteiger partial charge in [-0.3, -0.25) is 14.9 Å². The van der Waals surface area contributed by atoms with Crippen molar-refractivity contribution in [3.8, 4) is 0 Å². The SMILES string of the molecule is CCN1c2ccc(/C=C3\C(=O)NC(=O)N(c4cccc(Br)c4)C3=O)cc2C(C)CC1(C)C. The molecule has 1 unspecified atom stereocenters. The first-order chi connectivity index (χ1) is 15.1. The molecule has 7 heteroatoms. The van der Waals surface area contributed by atoms with E-state index in [2.05, 4.69) is 59.9 Å². The lowest BCUT2D eigenvalue weighted by Gasteiger charge is -2.47. The fourth-order valence-corrected chi connectivity index (χ4v) is 5.26. The van der Waals surface area contributed by atoms with Crippen LogP contribution in [-0.4, -0.2) is 29.9 Å². The number of amides is 4. The Bertz CT molecular complexity index is 1150. The van der Waals surface area contributed by atoms with Crippen molar-refractivity contribution >= 4 is 51.2 Å². The predicted octanol–water partition coefficient (Wildman–Crippen LogP) is 5.23. The largest absolute Gasteiger partial charge is 0.366 e. The highest BCUT2D eigenvalue weighted by molar-refractivity contribution is 9.10. The van der Waals surface area contributed by atoms with Crippen LogP contribution in [0.1, 0.15) is 51.2 Å². The number of nitrogens with one attached hydrogen (secondary N) is 1. The van der Waals surface area contributed by atoms with Gasteiger partial charge >= 0.3 is 6.03 Å². The molecule has 0 saturated carbocycles. The van der Waals surface area contributed by atoms with E-state index >= 15 is 0 Å². The zero-order chi connectivity index (χ0) is 23.2. The highest BCUT2D eigenvalue weighted by Crippen LogP contribution is 2.43. The van der Waals surface area contributed by atoms with E-state index in [4.69, 9.17) is 0 Å². The van der Waals surface area contributed by atoms with E-state index in [1.165, 1.54) is 11.3 Å². The quantitative estimate of drug-likeness (QED) is 0.467. The molecule has 2 aromatic carbocycles. The zero-order valence-electron chi connectivity index (χ0n) is 18.6. The normalized spacial score (nSPS) is 21.6. The number of urea groups is 1. The monoisotopic (exact) mass is 495 g/mol. The Hall–Kier alpha value is -2.93. The molecule has 4 rings (SSSR count). The van der Waals surface area contributed by atoms with Crippen molar-refractivity contribution in [3.05, 3.63) is 63.6 Å². The van der Waals surface area contributed by atoms with E-state index in [1.807, 2.05) is 12.1 Å². The van der Waals surface area contributed by atoms with Crippen LogP contribution in [0.25, 0.3) is 6.08 Å². The summed E-state index contributed by atoms with van der Waals surface area (Å²) in [7, 11) is 0. The van der Waals surface area contributed by atoms with E-state index < -0.39 is 17.8 Å². The summed E-state index contributed by atoms with van der Waals surface area (Å²) in [6.07, 6.45) is 2.58. The fraction of sp³-hybridized carbons (Fsp3) is 0.320. The van der Waals surface area contributed by atoms with Crippen LogP contribution >= 0.6 is 15.9 Å². The number of halogens is 1. The molecule has 2 aliphatic heterocycles. The van der Waals surface area contributed by atoms with Crippen LogP contribution in [0.3, 0.4) is 0 Å². The van der Waals surface area contributed by atoms with Gasteiger partial charge in [0, 0.05) is 22.2 Å². The van der Waals surface area contributed by atoms with Crippen LogP contribution in [0.2, 0.25) is 0 Å². The van der Waals surface area contributed by atoms with Gasteiger partial charge in [-0.2, -0.15) is 0 Å². The summed E-state index contributed by atoms with van der Waals surface area (Å²) in [6, 6.07) is 12.1. The number of carbonyl (C=O) groups excluding carboxylic acids is 3. The van der Waals surface area contributed by atoms with Crippen LogP contribution in [0.15, 0.2) is 52.5 Å². The molecular weight excluding hydrogens is 470 g/mol. The lowest BCUT2D eigenvalue weighted by Crippen LogP contribution is -2.54. The van der Waals surface area contributed by atoms with Crippen LogP contribution in [0, 0.1) is 0 Å². The minimum absolute atomic E-state index is 0.0607. The first-order valence-corrected chi connectivity index (χ1v) is 11.5. The van der Waals surface area contributed by atoms with E-state index in [0.717, 1.165) is 27.9 Å². The molecule has 1 N–H and O–H groups in total. The Morgan fingerprint density at radius 3 is 2.59 bits per heavy atom. The number of benzene rings is 2. The topological polar surface area (TPSA) is 69.7 Å². The number of carbonyl (C=O) groups is 3. The van der Waals surface area contributed by atoms with Gasteiger partial charge in [-0.1, -0.05) is 35.0 Å². The van der Waals surface area contributed by atoms with Crippen molar-refractivity contribution in [1.82, 2.24) is 5.32 Å². The maximum Gasteiger partial charge on any atom is 0.335 e. The molecule has 0 bridgehead atoms. The second kappa shape index (κ2) is 8.20. The van der Waals surface area contributed by atoms with Gasteiger partial charge in [-0.15, -0.1) is 0 Å². The van der Waals surface area contributed by atoms with E-state index in [9.17, 15) is 14.4 Å². The molecule has 1 fully saturated rings. The van der Waals surface area contributed by atoms with Gasteiger partial charge < -0.3 is 4.90 Å². The maximum absolute atomic E-state index is 13.2. The molecule has 32 heavy (non-hydrogen) atoms. The Morgan fingerprint density at radius 1 is 1.16 bits per heavy atom. The summed E-state index contributed by atoms with van der Waals surface area (Å²) in [6.45, 7) is 9.76. The van der Waals surface area contributed by atoms with Crippen LogP contribution in [0.4, 0.5) is 16.2 Å². The van der Waals surface area contributed by atoms with Crippen molar-refractivity contribution in [2.45, 2.75) is 45.6 Å². The Morgan fingerprint density at radius 2 is 1.91 bits per heavy atom. The summed E-state index contributed by atoms with van der Waals surface area (Å²) in [5, 5.41) is 2.28. The number of hydrogen-bond acceptors (Lipinski definition) is 4. The molecule has 166 valence electrons. The summed E-state index contributed by atoms with van der Waals surface area (Å²) in [4.78, 5) is 41.5. The third-order valence-corrected chi connectivity index (χ3v) is 6.70. The highest BCUT2D eigenvalue weighted by atomic mass is 79.9. The van der Waals surface area contributed by atoms with Gasteiger partial charge in [0.15, 0.2) is 0 Å². The van der Waals surface area contributed by atoms with Crippen molar-refractivity contribution in [3.63, 3.8) is 0 Å². The number of nitrogens with zero attached hydrogens (tertiary/aromatic N) is 2. The van der Waals surface area contributed by atoms with E-state index in [-0.39, 0.29) is 11.1 Å². The molecule has 0 spiro atoms. The number of anilines is 2. The Balaban J connectivity index is 1.73. The summed E-state index contributed by atoms with van der Waals surface area (Å²) >= 11 is 3.35. The second-order valence-corrected chi connectivity index (χ2v) is 9.83. The molecule has 2 heterocycles. The second-order valence-electron chi connectivity index (χ2n) is 8.92. The Kier molecular flexibility index (Phi) is 5.71.